The van der Waals surface area contributed by atoms with E-state index in [9.17, 15) is 9.59 Å². The van der Waals surface area contributed by atoms with Crippen LogP contribution in [0.15, 0.2) is 82.2 Å². The fourth-order valence-electron chi connectivity index (χ4n) is 3.09. The molecule has 0 bridgehead atoms. The largest absolute Gasteiger partial charge is 0.462 e. The number of carbonyl (C=O) groups excluding carboxylic acids is 2. The number of carbonyl (C=O) groups is 2. The van der Waals surface area contributed by atoms with Gasteiger partial charge in [0.25, 0.3) is 0 Å². The molecule has 0 N–H and O–H groups in total. The van der Waals surface area contributed by atoms with Crippen LogP contribution in [0.5, 0.6) is 0 Å². The van der Waals surface area contributed by atoms with Crippen molar-refractivity contribution in [3.05, 3.63) is 83.4 Å². The van der Waals surface area contributed by atoms with E-state index in [1.165, 1.54) is 12.2 Å². The van der Waals surface area contributed by atoms with Crippen molar-refractivity contribution in [2.24, 2.45) is 9.98 Å². The number of benzene rings is 1. The van der Waals surface area contributed by atoms with E-state index in [0.29, 0.717) is 22.9 Å². The van der Waals surface area contributed by atoms with Gasteiger partial charge in [-0.15, -0.1) is 0 Å². The smallest absolute Gasteiger partial charge is 0.216 e. The molecule has 0 spiro atoms. The van der Waals surface area contributed by atoms with Gasteiger partial charge in [0.2, 0.25) is 24.0 Å². The summed E-state index contributed by atoms with van der Waals surface area (Å²) in [7, 11) is 0. The van der Waals surface area contributed by atoms with Gasteiger partial charge in [0, 0.05) is 11.1 Å². The molecule has 2 unspecified atom stereocenters. The summed E-state index contributed by atoms with van der Waals surface area (Å²) >= 11 is 0. The predicted molar refractivity (Wildman–Crippen MR) is 93.4 cm³/mol. The second kappa shape index (κ2) is 5.49. The third-order valence-corrected chi connectivity index (χ3v) is 4.40. The van der Waals surface area contributed by atoms with Crippen LogP contribution in [0.1, 0.15) is 23.6 Å². The summed E-state index contributed by atoms with van der Waals surface area (Å²) in [5.74, 6) is 0.704. The molecule has 126 valence electrons. The molecular weight excluding hydrogens is 332 g/mol. The first-order valence-corrected chi connectivity index (χ1v) is 8.14. The number of nitrogens with zero attached hydrogens (tertiary/aromatic N) is 2. The maximum atomic E-state index is 11.8. The van der Waals surface area contributed by atoms with Gasteiger partial charge in [0.05, 0.1) is 0 Å². The third kappa shape index (κ3) is 2.27. The van der Waals surface area contributed by atoms with Gasteiger partial charge < -0.3 is 9.47 Å². The zero-order valence-corrected chi connectivity index (χ0v) is 13.5. The van der Waals surface area contributed by atoms with Crippen molar-refractivity contribution in [3.63, 3.8) is 0 Å². The van der Waals surface area contributed by atoms with Crippen LogP contribution < -0.4 is 0 Å². The van der Waals surface area contributed by atoms with Gasteiger partial charge in [-0.3, -0.25) is 9.59 Å². The van der Waals surface area contributed by atoms with Gasteiger partial charge in [-0.1, -0.05) is 36.4 Å². The second-order valence-electron chi connectivity index (χ2n) is 6.07. The maximum Gasteiger partial charge on any atom is 0.216 e. The van der Waals surface area contributed by atoms with E-state index in [4.69, 9.17) is 9.47 Å². The topological polar surface area (TPSA) is 77.3 Å². The number of aliphatic imine (C=N–C) groups is 2. The van der Waals surface area contributed by atoms with Gasteiger partial charge in [-0.2, -0.15) is 0 Å². The Labute approximate surface area is 148 Å². The van der Waals surface area contributed by atoms with Crippen LogP contribution in [0.3, 0.4) is 0 Å². The lowest BCUT2D eigenvalue weighted by molar-refractivity contribution is -0.109. The van der Waals surface area contributed by atoms with Gasteiger partial charge in [-0.05, 0) is 24.3 Å². The Morgan fingerprint density at radius 1 is 0.692 bits per heavy atom. The van der Waals surface area contributed by atoms with E-state index < -0.39 is 12.5 Å². The van der Waals surface area contributed by atoms with Crippen LogP contribution in [0, 0.1) is 0 Å². The monoisotopic (exact) mass is 344 g/mol. The average Bonchev–Trinajstić information content (AvgIpc) is 3.28. The van der Waals surface area contributed by atoms with Crippen molar-refractivity contribution in [1.29, 1.82) is 0 Å². The molecule has 5 rings (SSSR count). The van der Waals surface area contributed by atoms with E-state index in [1.807, 2.05) is 24.3 Å². The first kappa shape index (κ1) is 14.8. The third-order valence-electron chi connectivity index (χ3n) is 4.40. The number of hydrogen-bond donors (Lipinski definition) is 0. The van der Waals surface area contributed by atoms with Crippen LogP contribution in [0.4, 0.5) is 0 Å². The standard InChI is InChI=1S/C20H12N2O4/c23-13-3-1-5-15-17(13)21-19(25-15)11-7-9-12(10-8-11)20-22-18-14(24)4-2-6-16(18)26-20/h1-10,19-20H. The average molecular weight is 344 g/mol. The Hall–Kier alpha value is -3.54. The lowest BCUT2D eigenvalue weighted by Gasteiger charge is -2.12. The highest BCUT2D eigenvalue weighted by Crippen LogP contribution is 2.34. The number of ketones is 2. The molecule has 2 heterocycles. The van der Waals surface area contributed by atoms with Crippen molar-refractivity contribution in [2.75, 3.05) is 0 Å². The highest BCUT2D eigenvalue weighted by Gasteiger charge is 2.32. The van der Waals surface area contributed by atoms with Crippen molar-refractivity contribution in [1.82, 2.24) is 0 Å². The molecule has 6 heteroatoms. The van der Waals surface area contributed by atoms with Gasteiger partial charge in [0.1, 0.15) is 0 Å². The second-order valence-corrected chi connectivity index (χ2v) is 6.07. The molecule has 0 amide bonds. The molecule has 0 aromatic heterocycles. The van der Waals surface area contributed by atoms with Crippen LogP contribution in [0.25, 0.3) is 0 Å². The van der Waals surface area contributed by atoms with Crippen molar-refractivity contribution >= 4 is 23.0 Å². The van der Waals surface area contributed by atoms with E-state index >= 15 is 0 Å². The van der Waals surface area contributed by atoms with E-state index in [2.05, 4.69) is 9.98 Å². The Balaban J connectivity index is 1.38. The number of fused-ring (bicyclic) bond motifs is 2. The minimum absolute atomic E-state index is 0.147. The number of ether oxygens (including phenoxy) is 2. The first-order valence-electron chi connectivity index (χ1n) is 8.14. The molecule has 0 saturated carbocycles. The molecular formula is C20H12N2O4. The lowest BCUT2D eigenvalue weighted by atomic mass is 10.1. The molecule has 4 aliphatic rings. The fourth-order valence-corrected chi connectivity index (χ4v) is 3.09. The Bertz CT molecular complexity index is 939. The Kier molecular flexibility index (Phi) is 3.12. The van der Waals surface area contributed by atoms with Crippen molar-refractivity contribution in [2.45, 2.75) is 12.5 Å². The predicted octanol–water partition coefficient (Wildman–Crippen LogP) is 2.67. The van der Waals surface area contributed by atoms with Crippen molar-refractivity contribution < 1.29 is 19.1 Å². The molecule has 0 saturated heterocycles. The van der Waals surface area contributed by atoms with Gasteiger partial charge in [0.15, 0.2) is 22.9 Å². The number of hydrogen-bond acceptors (Lipinski definition) is 6. The Morgan fingerprint density at radius 3 is 1.50 bits per heavy atom. The molecule has 1 aromatic carbocycles. The molecule has 2 aliphatic heterocycles. The maximum absolute atomic E-state index is 11.8. The lowest BCUT2D eigenvalue weighted by Crippen LogP contribution is -2.13. The van der Waals surface area contributed by atoms with Gasteiger partial charge >= 0.3 is 0 Å². The van der Waals surface area contributed by atoms with E-state index in [1.54, 1.807) is 24.3 Å². The minimum Gasteiger partial charge on any atom is -0.462 e. The summed E-state index contributed by atoms with van der Waals surface area (Å²) in [6.07, 6.45) is 8.64. The SMILES string of the molecule is O=C1C=CC=C2OC(c3ccc(C4N=C5C(=O)C=CC=C5O4)cc3)N=C12. The minimum atomic E-state index is -0.541. The molecule has 0 radical (unpaired) electrons. The highest BCUT2D eigenvalue weighted by atomic mass is 16.5. The zero-order valence-electron chi connectivity index (χ0n) is 13.5. The van der Waals surface area contributed by atoms with Gasteiger partial charge in [-0.25, -0.2) is 9.98 Å². The van der Waals surface area contributed by atoms with Crippen LogP contribution in [-0.4, -0.2) is 23.0 Å². The number of allylic oxidation sites excluding steroid dienone is 8. The quantitative estimate of drug-likeness (QED) is 0.773. The fraction of sp³-hybridized carbons (Fsp3) is 0.100. The number of rotatable bonds is 2. The molecule has 26 heavy (non-hydrogen) atoms. The highest BCUT2D eigenvalue weighted by molar-refractivity contribution is 6.50. The summed E-state index contributed by atoms with van der Waals surface area (Å²) in [5.41, 5.74) is 2.36. The summed E-state index contributed by atoms with van der Waals surface area (Å²) in [6.45, 7) is 0. The van der Waals surface area contributed by atoms with E-state index in [-0.39, 0.29) is 11.6 Å². The summed E-state index contributed by atoms with van der Waals surface area (Å²) in [4.78, 5) is 32.4. The molecule has 0 fully saturated rings. The van der Waals surface area contributed by atoms with Crippen LogP contribution >= 0.6 is 0 Å². The Morgan fingerprint density at radius 2 is 1.12 bits per heavy atom. The molecule has 2 aliphatic carbocycles. The van der Waals surface area contributed by atoms with Crippen LogP contribution in [-0.2, 0) is 19.1 Å². The van der Waals surface area contributed by atoms with E-state index in [0.717, 1.165) is 11.1 Å². The summed E-state index contributed by atoms with van der Waals surface area (Å²) < 4.78 is 11.5. The normalized spacial score (nSPS) is 25.5. The van der Waals surface area contributed by atoms with Crippen LogP contribution in [0.2, 0.25) is 0 Å². The molecule has 6 nitrogen and oxygen atoms in total. The molecule has 1 aromatic rings. The summed E-state index contributed by atoms with van der Waals surface area (Å²) in [6, 6.07) is 7.44. The van der Waals surface area contributed by atoms with Crippen molar-refractivity contribution in [3.8, 4) is 0 Å². The first-order chi connectivity index (χ1) is 12.7. The summed E-state index contributed by atoms with van der Waals surface area (Å²) in [5, 5.41) is 0. The zero-order chi connectivity index (χ0) is 17.7. The molecule has 2 atom stereocenters.